The molecule has 1 heterocycles. The molecule has 0 aromatic carbocycles. The van der Waals surface area contributed by atoms with E-state index in [1.807, 2.05) is 0 Å². The molecule has 0 amide bonds. The van der Waals surface area contributed by atoms with Crippen LogP contribution < -0.4 is 0 Å². The normalized spacial score (nSPS) is 11.4. The largest absolute Gasteiger partial charge is 0.365 e. The summed E-state index contributed by atoms with van der Waals surface area (Å²) in [5.74, 6) is 0. The van der Waals surface area contributed by atoms with Crippen LogP contribution in [0.5, 0.6) is 0 Å². The van der Waals surface area contributed by atoms with Crippen molar-refractivity contribution in [1.82, 2.24) is 4.98 Å². The monoisotopic (exact) mass is 431 g/mol. The third-order valence-corrected chi connectivity index (χ3v) is 7.12. The third kappa shape index (κ3) is 18.5. The minimum Gasteiger partial charge on any atom is -0.365 e. The molecule has 182 valence electrons. The quantitative estimate of drug-likeness (QED) is 0.157. The van der Waals surface area contributed by atoms with Crippen LogP contribution in [0.25, 0.3) is 0 Å². The molecule has 31 heavy (non-hydrogen) atoms. The van der Waals surface area contributed by atoms with Crippen LogP contribution in [0.4, 0.5) is 0 Å². The van der Waals surface area contributed by atoms with Gasteiger partial charge in [-0.15, -0.1) is 0 Å². The lowest BCUT2D eigenvalue weighted by Gasteiger charge is -2.04. The predicted molar refractivity (Wildman–Crippen MR) is 141 cm³/mol. The van der Waals surface area contributed by atoms with Gasteiger partial charge in [0.1, 0.15) is 0 Å². The van der Waals surface area contributed by atoms with Gasteiger partial charge in [0.2, 0.25) is 0 Å². The number of unbranched alkanes of at least 4 members (excludes halogenated alkanes) is 22. The second-order valence-electron chi connectivity index (χ2n) is 10.2. The van der Waals surface area contributed by atoms with Crippen molar-refractivity contribution in [3.63, 3.8) is 0 Å². The summed E-state index contributed by atoms with van der Waals surface area (Å²) in [7, 11) is 0. The Labute approximate surface area is 196 Å². The number of hydrogen-bond donors (Lipinski definition) is 1. The third-order valence-electron chi connectivity index (χ3n) is 7.12. The van der Waals surface area contributed by atoms with E-state index in [2.05, 4.69) is 31.1 Å². The molecule has 0 aliphatic rings. The number of aromatic nitrogens is 1. The standard InChI is InChI=1S/C30H57N/c1-3-4-5-6-7-8-9-10-11-12-13-14-15-16-17-18-19-20-21-22-23-24-25-26-30-27-28-31-29(30)2/h27-28,31H,3-26H2,1-2H3. The van der Waals surface area contributed by atoms with E-state index in [1.165, 1.54) is 165 Å². The smallest absolute Gasteiger partial charge is 0.0148 e. The summed E-state index contributed by atoms with van der Waals surface area (Å²) < 4.78 is 0. The molecule has 0 saturated heterocycles. The first-order valence-electron chi connectivity index (χ1n) is 14.5. The number of H-pyrrole nitrogens is 1. The van der Waals surface area contributed by atoms with Gasteiger partial charge >= 0.3 is 0 Å². The van der Waals surface area contributed by atoms with Crippen LogP contribution >= 0.6 is 0 Å². The van der Waals surface area contributed by atoms with Crippen molar-refractivity contribution in [2.24, 2.45) is 0 Å². The SMILES string of the molecule is CCCCCCCCCCCCCCCCCCCCCCCCCc1cc[nH]c1C. The molecule has 0 unspecified atom stereocenters. The lowest BCUT2D eigenvalue weighted by Crippen LogP contribution is -1.87. The minimum absolute atomic E-state index is 1.26. The molecule has 0 bridgehead atoms. The Bertz CT molecular complexity index is 461. The lowest BCUT2D eigenvalue weighted by atomic mass is 10.0. The van der Waals surface area contributed by atoms with Crippen LogP contribution in [0.3, 0.4) is 0 Å². The molecule has 1 nitrogen and oxygen atoms in total. The van der Waals surface area contributed by atoms with Gasteiger partial charge in [-0.25, -0.2) is 0 Å². The maximum atomic E-state index is 3.29. The van der Waals surface area contributed by atoms with Gasteiger partial charge in [-0.2, -0.15) is 0 Å². The highest BCUT2D eigenvalue weighted by Gasteiger charge is 1.99. The highest BCUT2D eigenvalue weighted by atomic mass is 14.7. The van der Waals surface area contributed by atoms with Crippen LogP contribution in [0.2, 0.25) is 0 Å². The van der Waals surface area contributed by atoms with Gasteiger partial charge in [0, 0.05) is 11.9 Å². The molecule has 0 atom stereocenters. The van der Waals surface area contributed by atoms with E-state index in [0.717, 1.165) is 0 Å². The van der Waals surface area contributed by atoms with Crippen molar-refractivity contribution in [3.8, 4) is 0 Å². The zero-order chi connectivity index (χ0) is 22.2. The maximum absolute atomic E-state index is 3.29. The molecule has 0 aliphatic heterocycles. The molecule has 0 radical (unpaired) electrons. The van der Waals surface area contributed by atoms with Crippen LogP contribution in [-0.4, -0.2) is 4.98 Å². The molecule has 1 rings (SSSR count). The minimum atomic E-state index is 1.26. The van der Waals surface area contributed by atoms with E-state index in [-0.39, 0.29) is 0 Å². The summed E-state index contributed by atoms with van der Waals surface area (Å²) in [6.07, 6.45) is 36.9. The fraction of sp³-hybridized carbons (Fsp3) is 0.867. The van der Waals surface area contributed by atoms with Crippen molar-refractivity contribution in [1.29, 1.82) is 0 Å². The lowest BCUT2D eigenvalue weighted by molar-refractivity contribution is 0.518. The number of aromatic amines is 1. The Balaban J connectivity index is 1.65. The maximum Gasteiger partial charge on any atom is 0.0148 e. The first kappa shape index (κ1) is 28.3. The van der Waals surface area contributed by atoms with E-state index < -0.39 is 0 Å². The van der Waals surface area contributed by atoms with Crippen molar-refractivity contribution < 1.29 is 0 Å². The van der Waals surface area contributed by atoms with Gasteiger partial charge < -0.3 is 4.98 Å². The molecule has 0 saturated carbocycles. The summed E-state index contributed by atoms with van der Waals surface area (Å²) in [5, 5.41) is 0. The molecule has 1 aromatic heterocycles. The molecular formula is C30H57N. The van der Waals surface area contributed by atoms with Gasteiger partial charge in [-0.1, -0.05) is 148 Å². The van der Waals surface area contributed by atoms with Crippen molar-refractivity contribution in [3.05, 3.63) is 23.5 Å². The van der Waals surface area contributed by atoms with Gasteiger partial charge in [-0.05, 0) is 31.4 Å². The fourth-order valence-corrected chi connectivity index (χ4v) is 4.86. The number of hydrogen-bond acceptors (Lipinski definition) is 0. The average molecular weight is 432 g/mol. The highest BCUT2D eigenvalue weighted by Crippen LogP contribution is 2.16. The summed E-state index contributed by atoms with van der Waals surface area (Å²) in [6, 6.07) is 2.24. The highest BCUT2D eigenvalue weighted by molar-refractivity contribution is 5.18. The number of rotatable bonds is 24. The second kappa shape index (κ2) is 22.5. The van der Waals surface area contributed by atoms with E-state index in [1.54, 1.807) is 0 Å². The summed E-state index contributed by atoms with van der Waals surface area (Å²) in [6.45, 7) is 4.49. The zero-order valence-electron chi connectivity index (χ0n) is 21.6. The van der Waals surface area contributed by atoms with E-state index >= 15 is 0 Å². The first-order chi connectivity index (χ1) is 15.3. The fourth-order valence-electron chi connectivity index (χ4n) is 4.86. The Morgan fingerprint density at radius 3 is 1.10 bits per heavy atom. The zero-order valence-corrected chi connectivity index (χ0v) is 21.6. The second-order valence-corrected chi connectivity index (χ2v) is 10.2. The summed E-state index contributed by atoms with van der Waals surface area (Å²) >= 11 is 0. The number of aryl methyl sites for hydroxylation is 2. The van der Waals surface area contributed by atoms with Crippen LogP contribution in [0.1, 0.15) is 166 Å². The Morgan fingerprint density at radius 1 is 0.484 bits per heavy atom. The van der Waals surface area contributed by atoms with Crippen molar-refractivity contribution in [2.45, 2.75) is 168 Å². The van der Waals surface area contributed by atoms with Crippen LogP contribution in [-0.2, 0) is 6.42 Å². The van der Waals surface area contributed by atoms with Crippen molar-refractivity contribution in [2.75, 3.05) is 0 Å². The first-order valence-corrected chi connectivity index (χ1v) is 14.5. The topological polar surface area (TPSA) is 15.8 Å². The predicted octanol–water partition coefficient (Wildman–Crippen LogP) is 10.9. The van der Waals surface area contributed by atoms with Gasteiger partial charge in [0.05, 0.1) is 0 Å². The van der Waals surface area contributed by atoms with Crippen molar-refractivity contribution >= 4 is 0 Å². The number of nitrogens with one attached hydrogen (secondary N) is 1. The molecule has 1 aromatic rings. The van der Waals surface area contributed by atoms with E-state index in [4.69, 9.17) is 0 Å². The van der Waals surface area contributed by atoms with E-state index in [9.17, 15) is 0 Å². The van der Waals surface area contributed by atoms with Gasteiger partial charge in [-0.3, -0.25) is 0 Å². The van der Waals surface area contributed by atoms with Crippen LogP contribution in [0.15, 0.2) is 12.3 Å². The molecule has 0 aliphatic carbocycles. The molecule has 0 spiro atoms. The Kier molecular flexibility index (Phi) is 20.5. The molecule has 0 fully saturated rings. The van der Waals surface area contributed by atoms with E-state index in [0.29, 0.717) is 0 Å². The van der Waals surface area contributed by atoms with Gasteiger partial charge in [0.25, 0.3) is 0 Å². The van der Waals surface area contributed by atoms with Gasteiger partial charge in [0.15, 0.2) is 0 Å². The Hall–Kier alpha value is -0.720. The summed E-state index contributed by atoms with van der Waals surface area (Å²) in [4.78, 5) is 3.29. The summed E-state index contributed by atoms with van der Waals surface area (Å²) in [5.41, 5.74) is 2.88. The average Bonchev–Trinajstić information content (AvgIpc) is 3.19. The molecular weight excluding hydrogens is 374 g/mol. The Morgan fingerprint density at radius 2 is 0.806 bits per heavy atom. The molecule has 1 N–H and O–H groups in total. The molecule has 1 heteroatoms. The van der Waals surface area contributed by atoms with Crippen LogP contribution in [0, 0.1) is 6.92 Å².